The van der Waals surface area contributed by atoms with Gasteiger partial charge in [-0.3, -0.25) is 9.79 Å². The van der Waals surface area contributed by atoms with Gasteiger partial charge >= 0.3 is 0 Å². The van der Waals surface area contributed by atoms with Crippen molar-refractivity contribution in [3.63, 3.8) is 0 Å². The molecule has 0 atom stereocenters. The van der Waals surface area contributed by atoms with Crippen molar-refractivity contribution in [2.24, 2.45) is 4.99 Å². The van der Waals surface area contributed by atoms with Gasteiger partial charge in [0.15, 0.2) is 5.96 Å². The number of para-hydroxylation sites is 1. The van der Waals surface area contributed by atoms with Crippen LogP contribution >= 0.6 is 35.3 Å². The van der Waals surface area contributed by atoms with E-state index in [1.165, 1.54) is 17.0 Å². The first kappa shape index (κ1) is 22.5. The SMILES string of the molecule is CN=C(NCCCNC(=O)c1cccs1)N1CCN(c2ccccc2)CC1.I. The quantitative estimate of drug-likeness (QED) is 0.270. The number of guanidine groups is 1. The molecule has 3 rings (SSSR count). The molecule has 1 amide bonds. The highest BCUT2D eigenvalue weighted by molar-refractivity contribution is 14.0. The van der Waals surface area contributed by atoms with E-state index in [0.717, 1.165) is 50.0 Å². The molecule has 0 bridgehead atoms. The van der Waals surface area contributed by atoms with E-state index in [2.05, 4.69) is 49.7 Å². The van der Waals surface area contributed by atoms with Crippen LogP contribution in [0.5, 0.6) is 0 Å². The van der Waals surface area contributed by atoms with Crippen molar-refractivity contribution in [1.82, 2.24) is 15.5 Å². The number of nitrogens with zero attached hydrogens (tertiary/aromatic N) is 3. The van der Waals surface area contributed by atoms with Crippen molar-refractivity contribution in [2.75, 3.05) is 51.2 Å². The topological polar surface area (TPSA) is 60.0 Å². The first-order valence-corrected chi connectivity index (χ1v) is 10.2. The molecule has 2 aromatic rings. The Kier molecular flexibility index (Phi) is 9.56. The molecule has 0 unspecified atom stereocenters. The molecule has 0 spiro atoms. The van der Waals surface area contributed by atoms with Gasteiger partial charge in [0.25, 0.3) is 5.91 Å². The van der Waals surface area contributed by atoms with E-state index in [9.17, 15) is 4.79 Å². The molecule has 0 saturated carbocycles. The zero-order valence-corrected chi connectivity index (χ0v) is 19.3. The highest BCUT2D eigenvalue weighted by Crippen LogP contribution is 2.15. The van der Waals surface area contributed by atoms with Crippen LogP contribution in [-0.2, 0) is 0 Å². The van der Waals surface area contributed by atoms with Crippen molar-refractivity contribution in [3.8, 4) is 0 Å². The van der Waals surface area contributed by atoms with E-state index >= 15 is 0 Å². The lowest BCUT2D eigenvalue weighted by molar-refractivity contribution is 0.0957. The Morgan fingerprint density at radius 2 is 1.75 bits per heavy atom. The molecule has 28 heavy (non-hydrogen) atoms. The van der Waals surface area contributed by atoms with Gasteiger partial charge in [-0.2, -0.15) is 0 Å². The maximum atomic E-state index is 11.9. The lowest BCUT2D eigenvalue weighted by atomic mass is 10.2. The van der Waals surface area contributed by atoms with Gasteiger partial charge in [-0.05, 0) is 30.0 Å². The van der Waals surface area contributed by atoms with E-state index in [0.29, 0.717) is 6.54 Å². The molecular weight excluding hydrogens is 485 g/mol. The number of anilines is 1. The third kappa shape index (κ3) is 6.37. The van der Waals surface area contributed by atoms with Crippen molar-refractivity contribution >= 4 is 52.9 Å². The third-order valence-corrected chi connectivity index (χ3v) is 5.45. The molecule has 0 aliphatic carbocycles. The Morgan fingerprint density at radius 3 is 2.39 bits per heavy atom. The number of thiophene rings is 1. The Morgan fingerprint density at radius 1 is 1.04 bits per heavy atom. The molecule has 1 aromatic heterocycles. The van der Waals surface area contributed by atoms with Crippen molar-refractivity contribution in [3.05, 3.63) is 52.7 Å². The summed E-state index contributed by atoms with van der Waals surface area (Å²) >= 11 is 1.46. The van der Waals surface area contributed by atoms with Crippen LogP contribution in [0, 0.1) is 0 Å². The van der Waals surface area contributed by atoms with Gasteiger partial charge in [0, 0.05) is 52.0 Å². The fourth-order valence-corrected chi connectivity index (χ4v) is 3.77. The molecule has 1 aliphatic rings. The summed E-state index contributed by atoms with van der Waals surface area (Å²) in [7, 11) is 1.82. The van der Waals surface area contributed by atoms with Crippen LogP contribution in [0.15, 0.2) is 52.8 Å². The van der Waals surface area contributed by atoms with Crippen LogP contribution in [0.3, 0.4) is 0 Å². The number of nitrogens with one attached hydrogen (secondary N) is 2. The number of carbonyl (C=O) groups is 1. The van der Waals surface area contributed by atoms with Crippen LogP contribution in [0.2, 0.25) is 0 Å². The normalized spacial score (nSPS) is 14.4. The average molecular weight is 513 g/mol. The Hall–Kier alpha value is -1.81. The minimum absolute atomic E-state index is 0. The summed E-state index contributed by atoms with van der Waals surface area (Å²) in [5, 5.41) is 8.28. The molecule has 1 fully saturated rings. The molecule has 1 aromatic carbocycles. The second-order valence-electron chi connectivity index (χ2n) is 6.37. The van der Waals surface area contributed by atoms with E-state index < -0.39 is 0 Å². The van der Waals surface area contributed by atoms with Gasteiger partial charge in [0.05, 0.1) is 4.88 Å². The highest BCUT2D eigenvalue weighted by atomic mass is 127. The molecule has 2 N–H and O–H groups in total. The first-order valence-electron chi connectivity index (χ1n) is 9.35. The van der Waals surface area contributed by atoms with Crippen molar-refractivity contribution < 1.29 is 4.79 Å². The smallest absolute Gasteiger partial charge is 0.261 e. The van der Waals surface area contributed by atoms with E-state index in [1.807, 2.05) is 30.6 Å². The Balaban J connectivity index is 0.00000280. The molecule has 0 radical (unpaired) electrons. The number of amides is 1. The van der Waals surface area contributed by atoms with Crippen molar-refractivity contribution in [1.29, 1.82) is 0 Å². The van der Waals surface area contributed by atoms with Gasteiger partial charge in [0.2, 0.25) is 0 Å². The predicted molar refractivity (Wildman–Crippen MR) is 128 cm³/mol. The molecule has 152 valence electrons. The largest absolute Gasteiger partial charge is 0.368 e. The monoisotopic (exact) mass is 513 g/mol. The van der Waals surface area contributed by atoms with Crippen LogP contribution in [-0.4, -0.2) is 63.1 Å². The summed E-state index contributed by atoms with van der Waals surface area (Å²) in [6.45, 7) is 5.31. The molecule has 2 heterocycles. The van der Waals surface area contributed by atoms with Gasteiger partial charge in [-0.1, -0.05) is 24.3 Å². The summed E-state index contributed by atoms with van der Waals surface area (Å²) in [5.74, 6) is 0.943. The molecule has 6 nitrogen and oxygen atoms in total. The Bertz CT molecular complexity index is 730. The van der Waals surface area contributed by atoms with E-state index in [1.54, 1.807) is 0 Å². The number of hydrogen-bond donors (Lipinski definition) is 2. The predicted octanol–water partition coefficient (Wildman–Crippen LogP) is 2.88. The standard InChI is InChI=1S/C20H27N5OS.HI/c1-21-20(23-11-6-10-22-19(26)18-9-5-16-27-18)25-14-12-24(13-15-25)17-7-3-2-4-8-17;/h2-5,7-9,16H,6,10-15H2,1H3,(H,21,23)(H,22,26);1H. The minimum Gasteiger partial charge on any atom is -0.368 e. The number of piperazine rings is 1. The lowest BCUT2D eigenvalue weighted by Gasteiger charge is -2.37. The second kappa shape index (κ2) is 11.9. The van der Waals surface area contributed by atoms with E-state index in [-0.39, 0.29) is 29.9 Å². The van der Waals surface area contributed by atoms with Gasteiger partial charge < -0.3 is 20.4 Å². The summed E-state index contributed by atoms with van der Waals surface area (Å²) in [6.07, 6.45) is 0.861. The van der Waals surface area contributed by atoms with Crippen LogP contribution in [0.25, 0.3) is 0 Å². The van der Waals surface area contributed by atoms with Gasteiger partial charge in [0.1, 0.15) is 0 Å². The lowest BCUT2D eigenvalue weighted by Crippen LogP contribution is -2.52. The van der Waals surface area contributed by atoms with Gasteiger partial charge in [-0.15, -0.1) is 35.3 Å². The first-order chi connectivity index (χ1) is 13.3. The zero-order chi connectivity index (χ0) is 18.9. The van der Waals surface area contributed by atoms with Crippen LogP contribution in [0.1, 0.15) is 16.1 Å². The molecule has 1 saturated heterocycles. The number of halogens is 1. The molecule has 8 heteroatoms. The number of hydrogen-bond acceptors (Lipinski definition) is 4. The van der Waals surface area contributed by atoms with E-state index in [4.69, 9.17) is 0 Å². The molecular formula is C20H28IN5OS. The summed E-state index contributed by atoms with van der Waals surface area (Å²) in [5.41, 5.74) is 1.28. The number of carbonyl (C=O) groups excluding carboxylic acids is 1. The minimum atomic E-state index is 0. The maximum Gasteiger partial charge on any atom is 0.261 e. The average Bonchev–Trinajstić information content (AvgIpc) is 3.26. The van der Waals surface area contributed by atoms with Gasteiger partial charge in [-0.25, -0.2) is 0 Å². The third-order valence-electron chi connectivity index (χ3n) is 4.58. The van der Waals surface area contributed by atoms with Crippen LogP contribution in [0.4, 0.5) is 5.69 Å². The molecule has 1 aliphatic heterocycles. The number of benzene rings is 1. The number of aliphatic imine (C=N–C) groups is 1. The summed E-state index contributed by atoms with van der Waals surface area (Å²) in [4.78, 5) is 21.8. The fourth-order valence-electron chi connectivity index (χ4n) is 3.13. The fraction of sp³-hybridized carbons (Fsp3) is 0.400. The summed E-state index contributed by atoms with van der Waals surface area (Å²) < 4.78 is 0. The highest BCUT2D eigenvalue weighted by Gasteiger charge is 2.19. The maximum absolute atomic E-state index is 11.9. The second-order valence-corrected chi connectivity index (χ2v) is 7.32. The zero-order valence-electron chi connectivity index (χ0n) is 16.1. The number of rotatable bonds is 6. The van der Waals surface area contributed by atoms with Crippen LogP contribution < -0.4 is 15.5 Å². The van der Waals surface area contributed by atoms with Crippen molar-refractivity contribution in [2.45, 2.75) is 6.42 Å². The summed E-state index contributed by atoms with van der Waals surface area (Å²) in [6, 6.07) is 14.3. The Labute approximate surface area is 188 Å².